The second-order valence-electron chi connectivity index (χ2n) is 11.5. The van der Waals surface area contributed by atoms with E-state index < -0.39 is 23.5 Å². The molecule has 0 radical (unpaired) electrons. The fraction of sp³-hybridized carbons (Fsp3) is 0.394. The predicted molar refractivity (Wildman–Crippen MR) is 149 cm³/mol. The fourth-order valence-electron chi connectivity index (χ4n) is 6.92. The van der Waals surface area contributed by atoms with E-state index in [0.717, 1.165) is 24.8 Å². The molecule has 1 aromatic heterocycles. The Hall–Kier alpha value is -4.00. The van der Waals surface area contributed by atoms with Gasteiger partial charge < -0.3 is 14.2 Å². The van der Waals surface area contributed by atoms with Crippen LogP contribution in [-0.2, 0) is 19.0 Å². The molecule has 7 heteroatoms. The van der Waals surface area contributed by atoms with Crippen molar-refractivity contribution in [3.05, 3.63) is 102 Å². The van der Waals surface area contributed by atoms with Crippen LogP contribution < -0.4 is 0 Å². The van der Waals surface area contributed by atoms with Gasteiger partial charge in [0.15, 0.2) is 0 Å². The third-order valence-corrected chi connectivity index (χ3v) is 9.07. The number of fused-ring (bicyclic) bond motifs is 1. The average Bonchev–Trinajstić information content (AvgIpc) is 3.38. The highest BCUT2D eigenvalue weighted by Crippen LogP contribution is 2.62. The third kappa shape index (κ3) is 5.25. The summed E-state index contributed by atoms with van der Waals surface area (Å²) in [5, 5.41) is 0. The third-order valence-electron chi connectivity index (χ3n) is 9.07. The maximum absolute atomic E-state index is 13.2. The molecule has 7 nitrogen and oxygen atoms in total. The Morgan fingerprint density at radius 2 is 1.88 bits per heavy atom. The highest BCUT2D eigenvalue weighted by Gasteiger charge is 2.59. The highest BCUT2D eigenvalue weighted by molar-refractivity contribution is 5.93. The topological polar surface area (TPSA) is 91.8 Å². The Bertz CT molecular complexity index is 1350. The number of benzene rings is 1. The average molecular weight is 542 g/mol. The number of allylic oxidation sites excluding steroid dienone is 2. The lowest BCUT2D eigenvalue weighted by Gasteiger charge is -2.59. The molecule has 0 saturated heterocycles. The smallest absolute Gasteiger partial charge is 0.339 e. The van der Waals surface area contributed by atoms with Crippen molar-refractivity contribution in [2.75, 3.05) is 13.2 Å². The minimum absolute atomic E-state index is 0.000301. The first-order valence-electron chi connectivity index (χ1n) is 13.8. The van der Waals surface area contributed by atoms with E-state index in [4.69, 9.17) is 14.2 Å². The summed E-state index contributed by atoms with van der Waals surface area (Å²) < 4.78 is 17.2. The zero-order valence-corrected chi connectivity index (χ0v) is 23.0. The maximum atomic E-state index is 13.2. The molecule has 2 fully saturated rings. The van der Waals surface area contributed by atoms with Crippen molar-refractivity contribution in [1.29, 1.82) is 0 Å². The van der Waals surface area contributed by atoms with Crippen LogP contribution in [0.15, 0.2) is 90.8 Å². The number of esters is 3. The molecule has 5 atom stereocenters. The van der Waals surface area contributed by atoms with Gasteiger partial charge in [-0.1, -0.05) is 56.4 Å². The van der Waals surface area contributed by atoms with Gasteiger partial charge in [0, 0.05) is 23.7 Å². The summed E-state index contributed by atoms with van der Waals surface area (Å²) in [5.41, 5.74) is 1.61. The van der Waals surface area contributed by atoms with Crippen molar-refractivity contribution in [3.63, 3.8) is 0 Å². The Kier molecular flexibility index (Phi) is 7.74. The zero-order valence-electron chi connectivity index (χ0n) is 23.0. The molecular weight excluding hydrogens is 506 g/mol. The Labute approximate surface area is 234 Å². The molecule has 0 bridgehead atoms. The second kappa shape index (κ2) is 11.2. The number of cyclic esters (lactones) is 1. The first-order valence-corrected chi connectivity index (χ1v) is 13.8. The van der Waals surface area contributed by atoms with Crippen molar-refractivity contribution < 1.29 is 28.6 Å². The van der Waals surface area contributed by atoms with E-state index in [-0.39, 0.29) is 29.8 Å². The first kappa shape index (κ1) is 27.6. The molecule has 0 unspecified atom stereocenters. The van der Waals surface area contributed by atoms with E-state index in [2.05, 4.69) is 31.5 Å². The van der Waals surface area contributed by atoms with E-state index in [1.807, 2.05) is 12.1 Å². The van der Waals surface area contributed by atoms with Crippen molar-refractivity contribution in [2.24, 2.45) is 22.7 Å². The zero-order chi connectivity index (χ0) is 28.3. The number of pyridine rings is 1. The van der Waals surface area contributed by atoms with Crippen LogP contribution in [0.4, 0.5) is 0 Å². The Morgan fingerprint density at radius 3 is 2.58 bits per heavy atom. The van der Waals surface area contributed by atoms with Crippen LogP contribution in [0.5, 0.6) is 0 Å². The van der Waals surface area contributed by atoms with E-state index >= 15 is 0 Å². The van der Waals surface area contributed by atoms with Crippen molar-refractivity contribution in [1.82, 2.24) is 4.98 Å². The quantitative estimate of drug-likeness (QED) is 0.245. The lowest BCUT2D eigenvalue weighted by molar-refractivity contribution is -0.150. The highest BCUT2D eigenvalue weighted by atomic mass is 16.6. The summed E-state index contributed by atoms with van der Waals surface area (Å²) in [4.78, 5) is 42.3. The normalized spacial score (nSPS) is 29.9. The number of aromatic nitrogens is 1. The van der Waals surface area contributed by atoms with Crippen LogP contribution in [0.2, 0.25) is 0 Å². The molecule has 0 spiro atoms. The number of carbonyl (C=O) groups is 3. The molecule has 0 amide bonds. The van der Waals surface area contributed by atoms with Crippen LogP contribution in [0.25, 0.3) is 0 Å². The molecule has 2 saturated carbocycles. The van der Waals surface area contributed by atoms with Gasteiger partial charge in [0.1, 0.15) is 19.3 Å². The standard InChI is InChI=1S/C33H35NO6/c1-22-11-14-27-32(2,26(22)13-12-24-16-19-38-29(24)35)17-15-28(40-31(37)25-10-7-18-34-20-25)33(27,3)21-39-30(36)23-8-5-4-6-9-23/h4-10,12-13,16,18,20,26-28H,1,11,14-15,17,19,21H2,2-3H3/b13-12+/t26-,27+,28-,32+,33+/m1/s1. The van der Waals surface area contributed by atoms with E-state index in [1.54, 1.807) is 48.7 Å². The predicted octanol–water partition coefficient (Wildman–Crippen LogP) is 5.89. The molecule has 2 heterocycles. The molecular formula is C33H35NO6. The number of ether oxygens (including phenoxy) is 3. The van der Waals surface area contributed by atoms with Gasteiger partial charge in [-0.15, -0.1) is 0 Å². The molecule has 2 aromatic rings. The maximum Gasteiger partial charge on any atom is 0.339 e. The van der Waals surface area contributed by atoms with Crippen molar-refractivity contribution in [2.45, 2.75) is 45.6 Å². The van der Waals surface area contributed by atoms with Gasteiger partial charge in [0.25, 0.3) is 0 Å². The summed E-state index contributed by atoms with van der Waals surface area (Å²) in [7, 11) is 0. The molecule has 3 aliphatic rings. The minimum Gasteiger partial charge on any atom is -0.461 e. The second-order valence-corrected chi connectivity index (χ2v) is 11.5. The van der Waals surface area contributed by atoms with Gasteiger partial charge in [0.2, 0.25) is 0 Å². The summed E-state index contributed by atoms with van der Waals surface area (Å²) in [6, 6.07) is 12.3. The summed E-state index contributed by atoms with van der Waals surface area (Å²) >= 11 is 0. The van der Waals surface area contributed by atoms with Crippen LogP contribution in [0, 0.1) is 22.7 Å². The SMILES string of the molecule is C=C1CC[C@@H]2[C@](C)(COC(=O)c3ccccc3)[C@H](OC(=O)c3cccnc3)CC[C@@]2(C)[C@@H]1/C=C/C1=CCOC1=O. The largest absolute Gasteiger partial charge is 0.461 e. The molecule has 2 aliphatic carbocycles. The lowest BCUT2D eigenvalue weighted by Crippen LogP contribution is -2.58. The molecule has 1 aliphatic heterocycles. The van der Waals surface area contributed by atoms with Gasteiger partial charge in [-0.2, -0.15) is 0 Å². The van der Waals surface area contributed by atoms with Crippen LogP contribution >= 0.6 is 0 Å². The number of hydrogen-bond acceptors (Lipinski definition) is 7. The van der Waals surface area contributed by atoms with Crippen molar-refractivity contribution >= 4 is 17.9 Å². The fourth-order valence-corrected chi connectivity index (χ4v) is 6.92. The number of rotatable bonds is 7. The number of nitrogens with zero attached hydrogens (tertiary/aromatic N) is 1. The first-order chi connectivity index (χ1) is 19.2. The molecule has 0 N–H and O–H groups in total. The van der Waals surface area contributed by atoms with E-state index in [0.29, 0.717) is 29.7 Å². The van der Waals surface area contributed by atoms with Gasteiger partial charge >= 0.3 is 17.9 Å². The molecule has 5 rings (SSSR count). The summed E-state index contributed by atoms with van der Waals surface area (Å²) in [6.07, 6.45) is 11.3. The van der Waals surface area contributed by atoms with Crippen LogP contribution in [-0.4, -0.2) is 42.2 Å². The molecule has 40 heavy (non-hydrogen) atoms. The van der Waals surface area contributed by atoms with Gasteiger partial charge in [-0.3, -0.25) is 4.98 Å². The molecule has 208 valence electrons. The van der Waals surface area contributed by atoms with Crippen LogP contribution in [0.3, 0.4) is 0 Å². The van der Waals surface area contributed by atoms with Gasteiger partial charge in [-0.05, 0) is 67.4 Å². The monoisotopic (exact) mass is 541 g/mol. The minimum atomic E-state index is -0.659. The Balaban J connectivity index is 1.45. The molecule has 1 aromatic carbocycles. The van der Waals surface area contributed by atoms with Crippen molar-refractivity contribution in [3.8, 4) is 0 Å². The van der Waals surface area contributed by atoms with E-state index in [9.17, 15) is 14.4 Å². The lowest BCUT2D eigenvalue weighted by atomic mass is 9.46. The van der Waals surface area contributed by atoms with Crippen LogP contribution in [0.1, 0.15) is 60.2 Å². The summed E-state index contributed by atoms with van der Waals surface area (Å²) in [6.45, 7) is 9.11. The van der Waals surface area contributed by atoms with E-state index in [1.165, 1.54) is 6.20 Å². The number of carbonyl (C=O) groups excluding carboxylic acids is 3. The number of hydrogen-bond donors (Lipinski definition) is 0. The Morgan fingerprint density at radius 1 is 1.10 bits per heavy atom. The summed E-state index contributed by atoms with van der Waals surface area (Å²) in [5.74, 6) is -1.11. The van der Waals surface area contributed by atoms with Gasteiger partial charge in [0.05, 0.1) is 16.7 Å². The van der Waals surface area contributed by atoms with Gasteiger partial charge in [-0.25, -0.2) is 14.4 Å².